The van der Waals surface area contributed by atoms with Crippen molar-refractivity contribution < 1.29 is 64.8 Å². The molecule has 0 radical (unpaired) electrons. The molecule has 0 aromatic rings. The largest absolute Gasteiger partial charge is 2.00 e. The minimum absolute atomic E-state index is 0. The van der Waals surface area contributed by atoms with Gasteiger partial charge < -0.3 is 66.8 Å². The van der Waals surface area contributed by atoms with Gasteiger partial charge in [0.25, 0.3) is 0 Å². The third-order valence-electron chi connectivity index (χ3n) is 0. The van der Waals surface area contributed by atoms with E-state index in [0.717, 1.165) is 0 Å². The molecule has 0 unspecified atom stereocenters. The van der Waals surface area contributed by atoms with Crippen molar-refractivity contribution in [1.82, 2.24) is 0 Å². The summed E-state index contributed by atoms with van der Waals surface area (Å²) in [7, 11) is 0. The van der Waals surface area contributed by atoms with E-state index < -0.39 is 20.3 Å². The van der Waals surface area contributed by atoms with Crippen molar-refractivity contribution in [2.75, 3.05) is 0 Å². The van der Waals surface area contributed by atoms with E-state index in [-0.39, 0.29) is 44.4 Å². The SMILES string of the molecule is O.O=[N+]([O-])[O-].O=[N+]([O-])[O-].O=[N+]([O-])[O-].O=[N+]([O-])[O-].[Zn+2].[Zn+2]. The molecule has 0 saturated heterocycles. The van der Waals surface area contributed by atoms with Crippen molar-refractivity contribution in [1.29, 1.82) is 0 Å². The Hall–Kier alpha value is -1.99. The van der Waals surface area contributed by atoms with Crippen molar-refractivity contribution >= 4 is 0 Å². The van der Waals surface area contributed by atoms with Crippen LogP contribution in [0.25, 0.3) is 0 Å². The second-order valence-corrected chi connectivity index (χ2v) is 0.894. The van der Waals surface area contributed by atoms with Crippen molar-refractivity contribution in [3.05, 3.63) is 61.3 Å². The molecule has 0 aliphatic heterocycles. The first kappa shape index (κ1) is 43.5. The maximum Gasteiger partial charge on any atom is 2.00 e. The fourth-order valence-electron chi connectivity index (χ4n) is 0. The van der Waals surface area contributed by atoms with Crippen molar-refractivity contribution in [2.45, 2.75) is 0 Å². The van der Waals surface area contributed by atoms with Crippen LogP contribution in [0.1, 0.15) is 0 Å². The Labute approximate surface area is 126 Å². The Balaban J connectivity index is -0.0000000192. The Morgan fingerprint density at radius 2 is 0.421 bits per heavy atom. The third-order valence-corrected chi connectivity index (χ3v) is 0. The molecule has 19 heteroatoms. The molecule has 0 aliphatic carbocycles. The molecule has 0 spiro atoms. The number of hydrogen-bond donors (Lipinski definition) is 0. The van der Waals surface area contributed by atoms with Gasteiger partial charge in [0, 0.05) is 0 Å². The quantitative estimate of drug-likeness (QED) is 0.249. The van der Waals surface area contributed by atoms with Crippen LogP contribution in [0, 0.1) is 61.3 Å². The van der Waals surface area contributed by atoms with Crippen LogP contribution < -0.4 is 0 Å². The molecule has 0 fully saturated rings. The van der Waals surface area contributed by atoms with Crippen LogP contribution in [0.4, 0.5) is 0 Å². The van der Waals surface area contributed by atoms with E-state index in [0.29, 0.717) is 0 Å². The van der Waals surface area contributed by atoms with Crippen LogP contribution in [-0.2, 0) is 39.0 Å². The van der Waals surface area contributed by atoms with E-state index in [1.807, 2.05) is 0 Å². The molecule has 19 heavy (non-hydrogen) atoms. The Bertz CT molecular complexity index is 163. The van der Waals surface area contributed by atoms with Gasteiger partial charge in [-0.25, -0.2) is 0 Å². The topological polar surface area (TPSA) is 296 Å². The number of rotatable bonds is 0. The maximum atomic E-state index is 8.25. The van der Waals surface area contributed by atoms with Crippen LogP contribution in [0.2, 0.25) is 0 Å². The molecule has 2 N–H and O–H groups in total. The molecule has 0 aromatic heterocycles. The van der Waals surface area contributed by atoms with Crippen molar-refractivity contribution in [2.24, 2.45) is 0 Å². The first-order valence-corrected chi connectivity index (χ1v) is 2.19. The van der Waals surface area contributed by atoms with Crippen LogP contribution >= 0.6 is 0 Å². The zero-order valence-corrected chi connectivity index (χ0v) is 14.5. The molecular weight excluding hydrogens is 395 g/mol. The van der Waals surface area contributed by atoms with Gasteiger partial charge in [-0.3, -0.25) is 0 Å². The van der Waals surface area contributed by atoms with Crippen molar-refractivity contribution in [3.8, 4) is 0 Å². The Kier molecular flexibility index (Phi) is 82.4. The van der Waals surface area contributed by atoms with E-state index >= 15 is 0 Å². The molecule has 0 atom stereocenters. The van der Waals surface area contributed by atoms with Crippen LogP contribution in [-0.4, -0.2) is 25.8 Å². The molecular formula is H2N4O13Zn2. The standard InChI is InChI=1S/4NO3.H2O.2Zn/c4*2-1(3)4;;;/h;;;;1H2;;/q4*-1;;2*+2. The fraction of sp³-hybridized carbons (Fsp3) is 0. The van der Waals surface area contributed by atoms with Gasteiger partial charge in [0.2, 0.25) is 0 Å². The smallest absolute Gasteiger partial charge is 0.412 e. The number of hydrogen-bond acceptors (Lipinski definition) is 12. The molecule has 0 saturated carbocycles. The minimum atomic E-state index is -1.75. The summed E-state index contributed by atoms with van der Waals surface area (Å²) in [6.07, 6.45) is 0. The van der Waals surface area contributed by atoms with Crippen LogP contribution in [0.15, 0.2) is 0 Å². The Morgan fingerprint density at radius 1 is 0.421 bits per heavy atom. The second kappa shape index (κ2) is 36.0. The average Bonchev–Trinajstić information content (AvgIpc) is 1.76. The molecule has 0 aliphatic rings. The van der Waals surface area contributed by atoms with E-state index in [2.05, 4.69) is 0 Å². The monoisotopic (exact) mass is 394 g/mol. The number of nitrogens with zero attached hydrogens (tertiary/aromatic N) is 4. The van der Waals surface area contributed by atoms with Crippen LogP contribution in [0.5, 0.6) is 0 Å². The van der Waals surface area contributed by atoms with Crippen molar-refractivity contribution in [3.63, 3.8) is 0 Å². The summed E-state index contributed by atoms with van der Waals surface area (Å²) in [6, 6.07) is 0. The van der Waals surface area contributed by atoms with Gasteiger partial charge in [0.05, 0.1) is 20.3 Å². The normalized spacial score (nSPS) is 5.05. The summed E-state index contributed by atoms with van der Waals surface area (Å²) in [4.78, 5) is 33.0. The van der Waals surface area contributed by atoms with E-state index in [9.17, 15) is 0 Å². The second-order valence-electron chi connectivity index (χ2n) is 0.894. The third kappa shape index (κ3) is 790. The van der Waals surface area contributed by atoms with Gasteiger partial charge in [0.1, 0.15) is 0 Å². The molecule has 17 nitrogen and oxygen atoms in total. The summed E-state index contributed by atoms with van der Waals surface area (Å²) >= 11 is 0. The van der Waals surface area contributed by atoms with E-state index in [4.69, 9.17) is 61.3 Å². The first-order valence-electron chi connectivity index (χ1n) is 2.19. The van der Waals surface area contributed by atoms with Gasteiger partial charge in [-0.2, -0.15) is 0 Å². The molecule has 0 amide bonds. The zero-order chi connectivity index (χ0) is 14.3. The summed E-state index contributed by atoms with van der Waals surface area (Å²) in [6.45, 7) is 0. The van der Waals surface area contributed by atoms with Gasteiger partial charge in [-0.15, -0.1) is 0 Å². The predicted octanol–water partition coefficient (Wildman–Crippen LogP) is -1.79. The van der Waals surface area contributed by atoms with Gasteiger partial charge >= 0.3 is 39.0 Å². The summed E-state index contributed by atoms with van der Waals surface area (Å²) in [5.41, 5.74) is 0. The molecule has 0 bridgehead atoms. The maximum absolute atomic E-state index is 8.25. The molecule has 104 valence electrons. The molecule has 0 aromatic carbocycles. The minimum Gasteiger partial charge on any atom is -0.412 e. The fourth-order valence-corrected chi connectivity index (χ4v) is 0. The molecule has 0 heterocycles. The summed E-state index contributed by atoms with van der Waals surface area (Å²) in [5, 5.41) is 59.0. The Morgan fingerprint density at radius 3 is 0.421 bits per heavy atom. The predicted molar refractivity (Wildman–Crippen MR) is 45.1 cm³/mol. The zero-order valence-electron chi connectivity index (χ0n) is 8.60. The van der Waals surface area contributed by atoms with Gasteiger partial charge in [0.15, 0.2) is 0 Å². The average molecular weight is 397 g/mol. The summed E-state index contributed by atoms with van der Waals surface area (Å²) in [5.74, 6) is 0. The van der Waals surface area contributed by atoms with E-state index in [1.54, 1.807) is 0 Å². The van der Waals surface area contributed by atoms with E-state index in [1.165, 1.54) is 0 Å². The molecule has 0 rings (SSSR count). The first-order chi connectivity index (χ1) is 6.93. The van der Waals surface area contributed by atoms with Gasteiger partial charge in [-0.05, 0) is 0 Å². The van der Waals surface area contributed by atoms with Gasteiger partial charge in [-0.1, -0.05) is 0 Å². The summed E-state index contributed by atoms with van der Waals surface area (Å²) < 4.78 is 0. The van der Waals surface area contributed by atoms with Crippen LogP contribution in [0.3, 0.4) is 0 Å².